The van der Waals surface area contributed by atoms with E-state index in [-0.39, 0.29) is 25.2 Å². The molecule has 1 fully saturated rings. The maximum atomic E-state index is 12.1. The minimum atomic E-state index is -4.34. The molecule has 2 amide bonds. The lowest BCUT2D eigenvalue weighted by atomic mass is 9.85. The Morgan fingerprint density at radius 3 is 2.64 bits per heavy atom. The van der Waals surface area contributed by atoms with Crippen LogP contribution in [0.15, 0.2) is 30.3 Å². The Kier molecular flexibility index (Phi) is 5.28. The third-order valence-corrected chi connectivity index (χ3v) is 3.55. The van der Waals surface area contributed by atoms with Gasteiger partial charge in [0.15, 0.2) is 0 Å². The van der Waals surface area contributed by atoms with Crippen LogP contribution in [0.4, 0.5) is 18.0 Å². The van der Waals surface area contributed by atoms with Crippen molar-refractivity contribution in [3.05, 3.63) is 35.9 Å². The van der Waals surface area contributed by atoms with Crippen molar-refractivity contribution in [2.24, 2.45) is 5.92 Å². The first-order valence-corrected chi connectivity index (χ1v) is 7.12. The number of rotatable bonds is 5. The summed E-state index contributed by atoms with van der Waals surface area (Å²) >= 11 is 0. The molecule has 2 atom stereocenters. The van der Waals surface area contributed by atoms with E-state index < -0.39 is 12.8 Å². The van der Waals surface area contributed by atoms with E-state index in [4.69, 9.17) is 0 Å². The van der Waals surface area contributed by atoms with Crippen LogP contribution >= 0.6 is 0 Å². The van der Waals surface area contributed by atoms with Crippen molar-refractivity contribution in [1.29, 1.82) is 0 Å². The molecule has 1 aromatic carbocycles. The van der Waals surface area contributed by atoms with E-state index >= 15 is 0 Å². The van der Waals surface area contributed by atoms with E-state index in [9.17, 15) is 18.0 Å². The number of carbonyl (C=O) groups excluding carboxylic acids is 1. The fraction of sp³-hybridized carbons (Fsp3) is 0.533. The van der Waals surface area contributed by atoms with Gasteiger partial charge in [0.05, 0.1) is 12.6 Å². The minimum Gasteiger partial charge on any atom is -0.370 e. The molecule has 7 heteroatoms. The van der Waals surface area contributed by atoms with Gasteiger partial charge in [0.2, 0.25) is 0 Å². The van der Waals surface area contributed by atoms with Crippen LogP contribution in [0.3, 0.4) is 0 Å². The number of ether oxygens (including phenoxy) is 1. The van der Waals surface area contributed by atoms with Crippen LogP contribution in [0.5, 0.6) is 0 Å². The lowest BCUT2D eigenvalue weighted by molar-refractivity contribution is -0.173. The number of benzene rings is 1. The molecule has 0 saturated carbocycles. The van der Waals surface area contributed by atoms with Gasteiger partial charge < -0.3 is 15.0 Å². The topological polar surface area (TPSA) is 41.6 Å². The molecular formula is C15H19F3N2O2. The third kappa shape index (κ3) is 4.37. The average Bonchev–Trinajstić information content (AvgIpc) is 2.44. The molecular weight excluding hydrogens is 297 g/mol. The Morgan fingerprint density at radius 2 is 2.05 bits per heavy atom. The lowest BCUT2D eigenvalue weighted by Gasteiger charge is -2.46. The molecule has 4 nitrogen and oxygen atoms in total. The lowest BCUT2D eigenvalue weighted by Crippen LogP contribution is -2.55. The van der Waals surface area contributed by atoms with E-state index in [0.29, 0.717) is 12.5 Å². The van der Waals surface area contributed by atoms with Gasteiger partial charge >= 0.3 is 12.2 Å². The van der Waals surface area contributed by atoms with Gasteiger partial charge in [-0.25, -0.2) is 4.79 Å². The number of nitrogens with zero attached hydrogens (tertiary/aromatic N) is 1. The van der Waals surface area contributed by atoms with Gasteiger partial charge in [0, 0.05) is 13.1 Å². The van der Waals surface area contributed by atoms with Gasteiger partial charge in [0.1, 0.15) is 6.61 Å². The number of urea groups is 1. The van der Waals surface area contributed by atoms with E-state index in [1.54, 1.807) is 4.90 Å². The SMILES string of the molecule is C[C@H]1CN(C(=O)NCCOCC(F)(F)F)[C@@H]1c1ccccc1. The van der Waals surface area contributed by atoms with E-state index in [1.807, 2.05) is 30.3 Å². The van der Waals surface area contributed by atoms with Gasteiger partial charge in [-0.3, -0.25) is 0 Å². The van der Waals surface area contributed by atoms with Crippen LogP contribution in [0.2, 0.25) is 0 Å². The molecule has 22 heavy (non-hydrogen) atoms. The predicted molar refractivity (Wildman–Crippen MR) is 75.3 cm³/mol. The van der Waals surface area contributed by atoms with Crippen molar-refractivity contribution in [3.8, 4) is 0 Å². The molecule has 0 radical (unpaired) electrons. The largest absolute Gasteiger partial charge is 0.411 e. The molecule has 122 valence electrons. The molecule has 0 bridgehead atoms. The number of nitrogens with one attached hydrogen (secondary N) is 1. The van der Waals surface area contributed by atoms with Crippen molar-refractivity contribution in [3.63, 3.8) is 0 Å². The normalized spacial score (nSPS) is 21.4. The first kappa shape index (κ1) is 16.6. The quantitative estimate of drug-likeness (QED) is 0.849. The van der Waals surface area contributed by atoms with Crippen molar-refractivity contribution >= 4 is 6.03 Å². The first-order valence-electron chi connectivity index (χ1n) is 7.12. The van der Waals surface area contributed by atoms with Crippen LogP contribution < -0.4 is 5.32 Å². The zero-order chi connectivity index (χ0) is 16.2. The average molecular weight is 316 g/mol. The zero-order valence-electron chi connectivity index (χ0n) is 12.3. The van der Waals surface area contributed by atoms with E-state index in [0.717, 1.165) is 5.56 Å². The number of hydrogen-bond acceptors (Lipinski definition) is 2. The summed E-state index contributed by atoms with van der Waals surface area (Å²) < 4.78 is 40.1. The summed E-state index contributed by atoms with van der Waals surface area (Å²) in [6.45, 7) is 1.30. The first-order chi connectivity index (χ1) is 10.4. The Morgan fingerprint density at radius 1 is 1.36 bits per heavy atom. The summed E-state index contributed by atoms with van der Waals surface area (Å²) in [4.78, 5) is 13.7. The highest BCUT2D eigenvalue weighted by Crippen LogP contribution is 2.38. The number of halogens is 3. The zero-order valence-corrected chi connectivity index (χ0v) is 12.3. The second-order valence-electron chi connectivity index (χ2n) is 5.38. The summed E-state index contributed by atoms with van der Waals surface area (Å²) in [6.07, 6.45) is -4.34. The van der Waals surface area contributed by atoms with Crippen LogP contribution in [0.25, 0.3) is 0 Å². The van der Waals surface area contributed by atoms with Crippen molar-refractivity contribution in [2.75, 3.05) is 26.3 Å². The van der Waals surface area contributed by atoms with Gasteiger partial charge in [-0.05, 0) is 11.5 Å². The number of amides is 2. The van der Waals surface area contributed by atoms with Gasteiger partial charge in [-0.2, -0.15) is 13.2 Å². The highest BCUT2D eigenvalue weighted by Gasteiger charge is 2.39. The maximum Gasteiger partial charge on any atom is 0.411 e. The molecule has 1 saturated heterocycles. The van der Waals surface area contributed by atoms with E-state index in [2.05, 4.69) is 17.0 Å². The van der Waals surface area contributed by atoms with Crippen LogP contribution in [0.1, 0.15) is 18.5 Å². The third-order valence-electron chi connectivity index (χ3n) is 3.55. The second-order valence-corrected chi connectivity index (χ2v) is 5.38. The Balaban J connectivity index is 1.76. The Labute approximate surface area is 127 Å². The van der Waals surface area contributed by atoms with Crippen LogP contribution in [-0.2, 0) is 4.74 Å². The highest BCUT2D eigenvalue weighted by atomic mass is 19.4. The summed E-state index contributed by atoms with van der Waals surface area (Å²) in [7, 11) is 0. The fourth-order valence-electron chi connectivity index (χ4n) is 2.58. The number of likely N-dealkylation sites (tertiary alicyclic amines) is 1. The van der Waals surface area contributed by atoms with Crippen LogP contribution in [0, 0.1) is 5.92 Å². The number of hydrogen-bond donors (Lipinski definition) is 1. The summed E-state index contributed by atoms with van der Waals surface area (Å²) in [5.41, 5.74) is 1.06. The molecule has 1 N–H and O–H groups in total. The Hall–Kier alpha value is -1.76. The van der Waals surface area contributed by atoms with E-state index in [1.165, 1.54) is 0 Å². The van der Waals surface area contributed by atoms with Crippen LogP contribution in [-0.4, -0.2) is 43.4 Å². The van der Waals surface area contributed by atoms with Crippen molar-refractivity contribution < 1.29 is 22.7 Å². The monoisotopic (exact) mass is 316 g/mol. The van der Waals surface area contributed by atoms with Crippen molar-refractivity contribution in [2.45, 2.75) is 19.1 Å². The Bertz CT molecular complexity index is 493. The summed E-state index contributed by atoms with van der Waals surface area (Å²) in [5.74, 6) is 0.356. The fourth-order valence-corrected chi connectivity index (χ4v) is 2.58. The summed E-state index contributed by atoms with van der Waals surface area (Å²) in [5, 5.41) is 2.59. The molecule has 2 rings (SSSR count). The smallest absolute Gasteiger partial charge is 0.370 e. The predicted octanol–water partition coefficient (Wildman–Crippen LogP) is 2.97. The molecule has 0 aliphatic carbocycles. The van der Waals surface area contributed by atoms with Crippen molar-refractivity contribution in [1.82, 2.24) is 10.2 Å². The van der Waals surface area contributed by atoms with Gasteiger partial charge in [-0.15, -0.1) is 0 Å². The molecule has 0 aromatic heterocycles. The molecule has 1 aliphatic heterocycles. The van der Waals surface area contributed by atoms with Gasteiger partial charge in [0.25, 0.3) is 0 Å². The molecule has 1 aliphatic rings. The highest BCUT2D eigenvalue weighted by molar-refractivity contribution is 5.75. The summed E-state index contributed by atoms with van der Waals surface area (Å²) in [6, 6.07) is 9.41. The second kappa shape index (κ2) is 7.00. The molecule has 1 aromatic rings. The molecule has 0 unspecified atom stereocenters. The number of alkyl halides is 3. The molecule has 1 heterocycles. The maximum absolute atomic E-state index is 12.1. The number of carbonyl (C=O) groups is 1. The standard InChI is InChI=1S/C15H19F3N2O2/c1-11-9-20(13(11)12-5-3-2-4-6-12)14(21)19-7-8-22-10-15(16,17)18/h2-6,11,13H,7-10H2,1H3,(H,19,21)/t11-,13-/m0/s1. The minimum absolute atomic E-state index is 0.0114. The molecule has 0 spiro atoms. The van der Waals surface area contributed by atoms with Gasteiger partial charge in [-0.1, -0.05) is 37.3 Å².